The summed E-state index contributed by atoms with van der Waals surface area (Å²) in [6.07, 6.45) is 4.78. The number of piperidine rings is 1. The first-order chi connectivity index (χ1) is 9.17. The molecule has 1 heterocycles. The highest BCUT2D eigenvalue weighted by molar-refractivity contribution is 7.98. The van der Waals surface area contributed by atoms with Crippen LogP contribution in [0.25, 0.3) is 0 Å². The van der Waals surface area contributed by atoms with E-state index in [-0.39, 0.29) is 0 Å². The Bertz CT molecular complexity index is 268. The van der Waals surface area contributed by atoms with Crippen molar-refractivity contribution in [3.63, 3.8) is 0 Å². The summed E-state index contributed by atoms with van der Waals surface area (Å²) in [6, 6.07) is 0.668. The SMILES string of the molecule is CN=C(NCCSC)NCC1CCCN(C(C)C)C1. The van der Waals surface area contributed by atoms with E-state index in [2.05, 4.69) is 40.6 Å². The first-order valence-electron chi connectivity index (χ1n) is 7.34. The number of nitrogens with zero attached hydrogens (tertiary/aromatic N) is 2. The van der Waals surface area contributed by atoms with Gasteiger partial charge in [-0.1, -0.05) is 0 Å². The standard InChI is InChI=1S/C14H30N4S/c1-12(2)18-8-5-6-13(11-18)10-17-14(15-3)16-7-9-19-4/h12-13H,5-11H2,1-4H3,(H2,15,16,17). The van der Waals surface area contributed by atoms with Crippen molar-refractivity contribution in [3.05, 3.63) is 0 Å². The monoisotopic (exact) mass is 286 g/mol. The van der Waals surface area contributed by atoms with Crippen LogP contribution >= 0.6 is 11.8 Å². The van der Waals surface area contributed by atoms with E-state index in [9.17, 15) is 0 Å². The van der Waals surface area contributed by atoms with E-state index < -0.39 is 0 Å². The number of hydrogen-bond donors (Lipinski definition) is 2. The van der Waals surface area contributed by atoms with E-state index in [4.69, 9.17) is 0 Å². The topological polar surface area (TPSA) is 39.7 Å². The summed E-state index contributed by atoms with van der Waals surface area (Å²) >= 11 is 1.85. The number of hydrogen-bond acceptors (Lipinski definition) is 3. The Kier molecular flexibility index (Phi) is 8.30. The normalized spacial score (nSPS) is 21.7. The summed E-state index contributed by atoms with van der Waals surface area (Å²) in [7, 11) is 1.84. The molecule has 0 radical (unpaired) electrons. The van der Waals surface area contributed by atoms with Crippen LogP contribution in [0.4, 0.5) is 0 Å². The molecule has 1 fully saturated rings. The molecule has 1 rings (SSSR count). The van der Waals surface area contributed by atoms with Gasteiger partial charge in [0, 0.05) is 38.5 Å². The smallest absolute Gasteiger partial charge is 0.191 e. The lowest BCUT2D eigenvalue weighted by Crippen LogP contribution is -2.46. The maximum absolute atomic E-state index is 4.27. The lowest BCUT2D eigenvalue weighted by Gasteiger charge is -2.35. The summed E-state index contributed by atoms with van der Waals surface area (Å²) in [6.45, 7) is 9.06. The molecule has 0 saturated carbocycles. The number of nitrogens with one attached hydrogen (secondary N) is 2. The third-order valence-corrected chi connectivity index (χ3v) is 4.27. The van der Waals surface area contributed by atoms with Gasteiger partial charge < -0.3 is 15.5 Å². The molecule has 2 N–H and O–H groups in total. The third kappa shape index (κ3) is 6.52. The van der Waals surface area contributed by atoms with Crippen LogP contribution in [0.3, 0.4) is 0 Å². The minimum atomic E-state index is 0.668. The summed E-state index contributed by atoms with van der Waals surface area (Å²) < 4.78 is 0. The molecule has 0 spiro atoms. The first-order valence-corrected chi connectivity index (χ1v) is 8.74. The summed E-state index contributed by atoms with van der Waals surface area (Å²) in [4.78, 5) is 6.85. The second-order valence-corrected chi connectivity index (χ2v) is 6.46. The van der Waals surface area contributed by atoms with Crippen molar-refractivity contribution in [2.75, 3.05) is 45.2 Å². The predicted octanol–water partition coefficient (Wildman–Crippen LogP) is 1.63. The molecule has 1 aliphatic rings. The molecule has 0 aromatic carbocycles. The van der Waals surface area contributed by atoms with Crippen LogP contribution in [0.2, 0.25) is 0 Å². The van der Waals surface area contributed by atoms with Gasteiger partial charge in [0.15, 0.2) is 5.96 Å². The molecule has 0 aliphatic carbocycles. The van der Waals surface area contributed by atoms with Gasteiger partial charge in [-0.15, -0.1) is 0 Å². The highest BCUT2D eigenvalue weighted by Crippen LogP contribution is 2.17. The molecule has 0 aromatic rings. The van der Waals surface area contributed by atoms with Crippen LogP contribution in [0.15, 0.2) is 4.99 Å². The number of thioether (sulfide) groups is 1. The van der Waals surface area contributed by atoms with Crippen molar-refractivity contribution in [1.29, 1.82) is 0 Å². The Balaban J connectivity index is 2.26. The highest BCUT2D eigenvalue weighted by Gasteiger charge is 2.21. The van der Waals surface area contributed by atoms with E-state index in [1.54, 1.807) is 0 Å². The van der Waals surface area contributed by atoms with Crippen LogP contribution in [-0.2, 0) is 0 Å². The molecular weight excluding hydrogens is 256 g/mol. The second kappa shape index (κ2) is 9.48. The van der Waals surface area contributed by atoms with Crippen molar-refractivity contribution in [3.8, 4) is 0 Å². The Morgan fingerprint density at radius 2 is 2.21 bits per heavy atom. The molecule has 1 atom stereocenters. The van der Waals surface area contributed by atoms with Gasteiger partial charge >= 0.3 is 0 Å². The predicted molar refractivity (Wildman–Crippen MR) is 87.2 cm³/mol. The second-order valence-electron chi connectivity index (χ2n) is 5.47. The van der Waals surface area contributed by atoms with Crippen LogP contribution in [0.5, 0.6) is 0 Å². The quantitative estimate of drug-likeness (QED) is 0.442. The Hall–Kier alpha value is -0.420. The van der Waals surface area contributed by atoms with Crippen LogP contribution in [0.1, 0.15) is 26.7 Å². The number of likely N-dealkylation sites (tertiary alicyclic amines) is 1. The van der Waals surface area contributed by atoms with Crippen LogP contribution in [-0.4, -0.2) is 62.1 Å². The van der Waals surface area contributed by atoms with Crippen molar-refractivity contribution in [2.45, 2.75) is 32.7 Å². The fourth-order valence-electron chi connectivity index (χ4n) is 2.47. The average molecular weight is 286 g/mol. The van der Waals surface area contributed by atoms with Gasteiger partial charge in [-0.3, -0.25) is 4.99 Å². The lowest BCUT2D eigenvalue weighted by molar-refractivity contribution is 0.141. The van der Waals surface area contributed by atoms with E-state index in [1.165, 1.54) is 25.9 Å². The maximum atomic E-state index is 4.27. The maximum Gasteiger partial charge on any atom is 0.191 e. The van der Waals surface area contributed by atoms with Gasteiger partial charge in [-0.25, -0.2) is 0 Å². The van der Waals surface area contributed by atoms with E-state index in [0.29, 0.717) is 6.04 Å². The zero-order valence-corrected chi connectivity index (χ0v) is 13.7. The Labute approximate surface area is 122 Å². The fourth-order valence-corrected chi connectivity index (χ4v) is 2.77. The van der Waals surface area contributed by atoms with E-state index in [0.717, 1.165) is 30.7 Å². The molecule has 19 heavy (non-hydrogen) atoms. The molecule has 1 unspecified atom stereocenters. The lowest BCUT2D eigenvalue weighted by atomic mass is 9.97. The molecule has 1 aliphatic heterocycles. The average Bonchev–Trinajstić information content (AvgIpc) is 2.43. The van der Waals surface area contributed by atoms with Crippen LogP contribution < -0.4 is 10.6 Å². The molecule has 112 valence electrons. The third-order valence-electron chi connectivity index (χ3n) is 3.66. The van der Waals surface area contributed by atoms with Crippen molar-refractivity contribution in [1.82, 2.24) is 15.5 Å². The molecule has 4 nitrogen and oxygen atoms in total. The number of aliphatic imine (C=N–C) groups is 1. The van der Waals surface area contributed by atoms with Gasteiger partial charge in [0.05, 0.1) is 0 Å². The minimum absolute atomic E-state index is 0.668. The Morgan fingerprint density at radius 3 is 2.84 bits per heavy atom. The van der Waals surface area contributed by atoms with Gasteiger partial charge in [-0.2, -0.15) is 11.8 Å². The molecule has 0 amide bonds. The fraction of sp³-hybridized carbons (Fsp3) is 0.929. The van der Waals surface area contributed by atoms with E-state index >= 15 is 0 Å². The molecule has 0 bridgehead atoms. The van der Waals surface area contributed by atoms with E-state index in [1.807, 2.05) is 18.8 Å². The summed E-state index contributed by atoms with van der Waals surface area (Å²) in [5, 5.41) is 6.81. The van der Waals surface area contributed by atoms with Crippen molar-refractivity contribution < 1.29 is 0 Å². The molecule has 1 saturated heterocycles. The van der Waals surface area contributed by atoms with Gasteiger partial charge in [0.25, 0.3) is 0 Å². The zero-order chi connectivity index (χ0) is 14.1. The Morgan fingerprint density at radius 1 is 1.42 bits per heavy atom. The number of rotatable bonds is 6. The minimum Gasteiger partial charge on any atom is -0.356 e. The van der Waals surface area contributed by atoms with Gasteiger partial charge in [0.2, 0.25) is 0 Å². The van der Waals surface area contributed by atoms with Crippen LogP contribution in [0, 0.1) is 5.92 Å². The summed E-state index contributed by atoms with van der Waals surface area (Å²) in [5.74, 6) is 2.80. The summed E-state index contributed by atoms with van der Waals surface area (Å²) in [5.41, 5.74) is 0. The molecular formula is C14H30N4S. The van der Waals surface area contributed by atoms with Gasteiger partial charge in [-0.05, 0) is 45.4 Å². The number of guanidine groups is 1. The van der Waals surface area contributed by atoms with Crippen molar-refractivity contribution >= 4 is 17.7 Å². The first kappa shape index (κ1) is 16.6. The van der Waals surface area contributed by atoms with Gasteiger partial charge in [0.1, 0.15) is 0 Å². The molecule has 5 heteroatoms. The van der Waals surface area contributed by atoms with Crippen molar-refractivity contribution in [2.24, 2.45) is 10.9 Å². The molecule has 0 aromatic heterocycles. The zero-order valence-electron chi connectivity index (χ0n) is 12.9. The largest absolute Gasteiger partial charge is 0.356 e. The highest BCUT2D eigenvalue weighted by atomic mass is 32.2.